The Kier molecular flexibility index (Phi) is 3.93. The molecule has 0 saturated heterocycles. The molecule has 2 rings (SSSR count). The van der Waals surface area contributed by atoms with Crippen molar-refractivity contribution in [2.75, 3.05) is 19.5 Å². The third-order valence-corrected chi connectivity index (χ3v) is 3.41. The number of hydrogen-bond acceptors (Lipinski definition) is 7. The van der Waals surface area contributed by atoms with E-state index >= 15 is 0 Å². The van der Waals surface area contributed by atoms with Gasteiger partial charge in [0.15, 0.2) is 5.69 Å². The first-order chi connectivity index (χ1) is 8.72. The molecule has 0 bridgehead atoms. The zero-order chi connectivity index (χ0) is 13.0. The fourth-order valence-electron chi connectivity index (χ4n) is 1.45. The van der Waals surface area contributed by atoms with E-state index in [4.69, 9.17) is 15.2 Å². The molecule has 0 aliphatic carbocycles. The van der Waals surface area contributed by atoms with E-state index in [1.165, 1.54) is 18.3 Å². The van der Waals surface area contributed by atoms with Gasteiger partial charge in [0.2, 0.25) is 11.8 Å². The molecule has 0 radical (unpaired) electrons. The van der Waals surface area contributed by atoms with Crippen LogP contribution in [0.2, 0.25) is 0 Å². The van der Waals surface area contributed by atoms with Crippen LogP contribution in [0.4, 0.5) is 5.69 Å². The smallest absolute Gasteiger partial charge is 0.244 e. The molecule has 0 aliphatic heterocycles. The van der Waals surface area contributed by atoms with Crippen molar-refractivity contribution >= 4 is 17.0 Å². The quantitative estimate of drug-likeness (QED) is 0.882. The highest BCUT2D eigenvalue weighted by Crippen LogP contribution is 2.26. The van der Waals surface area contributed by atoms with Gasteiger partial charge in [-0.1, -0.05) is 0 Å². The lowest BCUT2D eigenvalue weighted by molar-refractivity contribution is 0.307. The highest BCUT2D eigenvalue weighted by Gasteiger charge is 2.10. The van der Waals surface area contributed by atoms with Crippen molar-refractivity contribution in [3.8, 4) is 11.8 Å². The average Bonchev–Trinajstić information content (AvgIpc) is 2.77. The van der Waals surface area contributed by atoms with Gasteiger partial charge in [-0.2, -0.15) is 9.97 Å². The Morgan fingerprint density at radius 2 is 2.06 bits per heavy atom. The molecule has 2 heterocycles. The Labute approximate surface area is 109 Å². The molecule has 6 nitrogen and oxygen atoms in total. The van der Waals surface area contributed by atoms with Gasteiger partial charge in [-0.3, -0.25) is 0 Å². The molecular formula is C11H14N4O2S. The van der Waals surface area contributed by atoms with Crippen molar-refractivity contribution < 1.29 is 9.47 Å². The molecule has 7 heteroatoms. The van der Waals surface area contributed by atoms with Crippen LogP contribution in [-0.4, -0.2) is 28.7 Å². The topological polar surface area (TPSA) is 83.2 Å². The molecule has 2 N–H and O–H groups in total. The van der Waals surface area contributed by atoms with Crippen LogP contribution in [0.15, 0.2) is 11.8 Å². The molecule has 0 saturated carbocycles. The average molecular weight is 266 g/mol. The number of ether oxygens (including phenoxy) is 2. The third-order valence-electron chi connectivity index (χ3n) is 2.42. The van der Waals surface area contributed by atoms with Crippen LogP contribution in [0.1, 0.15) is 10.6 Å². The summed E-state index contributed by atoms with van der Waals surface area (Å²) >= 11 is 1.62. The van der Waals surface area contributed by atoms with E-state index in [0.717, 1.165) is 12.1 Å². The predicted molar refractivity (Wildman–Crippen MR) is 69.0 cm³/mol. The van der Waals surface area contributed by atoms with Gasteiger partial charge in [0, 0.05) is 11.3 Å². The minimum absolute atomic E-state index is 0.320. The number of nitrogens with zero attached hydrogens (tertiary/aromatic N) is 3. The van der Waals surface area contributed by atoms with Crippen molar-refractivity contribution in [3.05, 3.63) is 22.4 Å². The Hall–Kier alpha value is -1.89. The summed E-state index contributed by atoms with van der Waals surface area (Å²) in [5.74, 6) is 0.679. The highest BCUT2D eigenvalue weighted by atomic mass is 32.1. The van der Waals surface area contributed by atoms with E-state index in [1.807, 2.05) is 12.4 Å². The summed E-state index contributed by atoms with van der Waals surface area (Å²) < 4.78 is 10.5. The van der Waals surface area contributed by atoms with Crippen LogP contribution in [0.3, 0.4) is 0 Å². The second-order valence-electron chi connectivity index (χ2n) is 3.56. The summed E-state index contributed by atoms with van der Waals surface area (Å²) in [5.41, 5.74) is 8.98. The second-order valence-corrected chi connectivity index (χ2v) is 4.50. The van der Waals surface area contributed by atoms with E-state index in [1.54, 1.807) is 11.3 Å². The summed E-state index contributed by atoms with van der Waals surface area (Å²) in [6.45, 7) is 2.47. The molecule has 18 heavy (non-hydrogen) atoms. The van der Waals surface area contributed by atoms with E-state index in [-0.39, 0.29) is 0 Å². The van der Waals surface area contributed by atoms with Gasteiger partial charge in [0.05, 0.1) is 24.9 Å². The SMILES string of the molecule is COc1ncnc(OCCc2scnc2C)c1N. The monoisotopic (exact) mass is 266 g/mol. The number of aryl methyl sites for hydroxylation is 1. The van der Waals surface area contributed by atoms with Gasteiger partial charge in [-0.05, 0) is 6.92 Å². The Bertz CT molecular complexity index is 530. The fourth-order valence-corrected chi connectivity index (χ4v) is 2.21. The van der Waals surface area contributed by atoms with Crippen molar-refractivity contribution in [3.63, 3.8) is 0 Å². The van der Waals surface area contributed by atoms with E-state index in [9.17, 15) is 0 Å². The Balaban J connectivity index is 1.96. The van der Waals surface area contributed by atoms with Crippen LogP contribution < -0.4 is 15.2 Å². The lowest BCUT2D eigenvalue weighted by atomic mass is 10.3. The molecule has 0 spiro atoms. The van der Waals surface area contributed by atoms with E-state index < -0.39 is 0 Å². The van der Waals surface area contributed by atoms with Crippen molar-refractivity contribution in [2.24, 2.45) is 0 Å². The number of thiazole rings is 1. The molecular weight excluding hydrogens is 252 g/mol. The summed E-state index contributed by atoms with van der Waals surface area (Å²) in [7, 11) is 1.50. The normalized spacial score (nSPS) is 10.3. The number of anilines is 1. The van der Waals surface area contributed by atoms with Gasteiger partial charge in [0.1, 0.15) is 6.33 Å². The minimum Gasteiger partial charge on any atom is -0.479 e. The first kappa shape index (κ1) is 12.6. The zero-order valence-electron chi connectivity index (χ0n) is 10.2. The van der Waals surface area contributed by atoms with Gasteiger partial charge in [0.25, 0.3) is 0 Å². The first-order valence-corrected chi connectivity index (χ1v) is 6.26. The lowest BCUT2D eigenvalue weighted by Crippen LogP contribution is -2.06. The summed E-state index contributed by atoms with van der Waals surface area (Å²) in [6, 6.07) is 0. The Morgan fingerprint density at radius 3 is 2.72 bits per heavy atom. The largest absolute Gasteiger partial charge is 0.479 e. The first-order valence-electron chi connectivity index (χ1n) is 5.38. The summed E-state index contributed by atoms with van der Waals surface area (Å²) in [4.78, 5) is 13.2. The van der Waals surface area contributed by atoms with Gasteiger partial charge >= 0.3 is 0 Å². The zero-order valence-corrected chi connectivity index (χ0v) is 11.0. The maximum Gasteiger partial charge on any atom is 0.244 e. The molecule has 0 unspecified atom stereocenters. The fraction of sp³-hybridized carbons (Fsp3) is 0.364. The summed E-state index contributed by atoms with van der Waals surface area (Å²) in [5, 5.41) is 0. The van der Waals surface area contributed by atoms with E-state index in [2.05, 4.69) is 15.0 Å². The minimum atomic E-state index is 0.320. The molecule has 2 aromatic rings. The molecule has 0 aliphatic rings. The second kappa shape index (κ2) is 5.63. The van der Waals surface area contributed by atoms with Crippen molar-refractivity contribution in [1.82, 2.24) is 15.0 Å². The van der Waals surface area contributed by atoms with Crippen LogP contribution in [0.25, 0.3) is 0 Å². The number of nitrogens with two attached hydrogens (primary N) is 1. The summed E-state index contributed by atoms with van der Waals surface area (Å²) in [6.07, 6.45) is 2.14. The van der Waals surface area contributed by atoms with Crippen LogP contribution in [0, 0.1) is 6.92 Å². The number of rotatable bonds is 5. The number of methoxy groups -OCH3 is 1. The van der Waals surface area contributed by atoms with Crippen LogP contribution in [-0.2, 0) is 6.42 Å². The molecule has 0 fully saturated rings. The molecule has 0 amide bonds. The number of aromatic nitrogens is 3. The van der Waals surface area contributed by atoms with Crippen molar-refractivity contribution in [1.29, 1.82) is 0 Å². The molecule has 0 atom stereocenters. The highest BCUT2D eigenvalue weighted by molar-refractivity contribution is 7.09. The molecule has 2 aromatic heterocycles. The predicted octanol–water partition coefficient (Wildman–Crippen LogP) is 1.45. The number of nitrogen functional groups attached to an aromatic ring is 1. The maximum atomic E-state index is 5.80. The van der Waals surface area contributed by atoms with Gasteiger partial charge < -0.3 is 15.2 Å². The van der Waals surface area contributed by atoms with E-state index in [0.29, 0.717) is 24.1 Å². The van der Waals surface area contributed by atoms with Gasteiger partial charge in [-0.15, -0.1) is 11.3 Å². The lowest BCUT2D eigenvalue weighted by Gasteiger charge is -2.08. The van der Waals surface area contributed by atoms with Crippen LogP contribution >= 0.6 is 11.3 Å². The Morgan fingerprint density at radius 1 is 1.28 bits per heavy atom. The standard InChI is InChI=1S/C11H14N4O2S/c1-7-8(18-6-15-7)3-4-17-11-9(12)10(16-2)13-5-14-11/h5-6H,3-4,12H2,1-2H3. The van der Waals surface area contributed by atoms with Crippen LogP contribution in [0.5, 0.6) is 11.8 Å². The molecule has 0 aromatic carbocycles. The number of hydrogen-bond donors (Lipinski definition) is 1. The molecule has 96 valence electrons. The third kappa shape index (κ3) is 2.67. The van der Waals surface area contributed by atoms with Gasteiger partial charge in [-0.25, -0.2) is 4.98 Å². The maximum absolute atomic E-state index is 5.80. The van der Waals surface area contributed by atoms with Crippen molar-refractivity contribution in [2.45, 2.75) is 13.3 Å².